The van der Waals surface area contributed by atoms with Crippen LogP contribution in [0.3, 0.4) is 0 Å². The van der Waals surface area contributed by atoms with Crippen LogP contribution in [0.4, 0.5) is 0 Å². The molecule has 1 aliphatic rings. The fourth-order valence-electron chi connectivity index (χ4n) is 2.84. The third-order valence-corrected chi connectivity index (χ3v) is 4.16. The monoisotopic (exact) mass is 264 g/mol. The fourth-order valence-corrected chi connectivity index (χ4v) is 2.84. The van der Waals surface area contributed by atoms with E-state index in [0.717, 1.165) is 11.1 Å². The molecular weight excluding hydrogens is 248 g/mol. The molecule has 20 heavy (non-hydrogen) atoms. The first-order chi connectivity index (χ1) is 9.49. The first-order valence-corrected chi connectivity index (χ1v) is 6.47. The van der Waals surface area contributed by atoms with Gasteiger partial charge in [0.1, 0.15) is 23.6 Å². The highest BCUT2D eigenvalue weighted by Gasteiger charge is 2.38. The van der Waals surface area contributed by atoms with Crippen LogP contribution >= 0.6 is 0 Å². The summed E-state index contributed by atoms with van der Waals surface area (Å²) in [7, 11) is 0. The maximum absolute atomic E-state index is 9.12. The van der Waals surface area contributed by atoms with Crippen LogP contribution in [0.5, 0.6) is 0 Å². The molecule has 4 heteroatoms. The molecule has 0 N–H and O–H groups in total. The molecule has 0 radical (unpaired) electrons. The average molecular weight is 264 g/mol. The van der Waals surface area contributed by atoms with Gasteiger partial charge in [-0.25, -0.2) is 0 Å². The zero-order chi connectivity index (χ0) is 15.3. The third kappa shape index (κ3) is 2.88. The van der Waals surface area contributed by atoms with Crippen LogP contribution in [0.1, 0.15) is 26.7 Å². The van der Waals surface area contributed by atoms with Crippen molar-refractivity contribution in [3.05, 3.63) is 23.3 Å². The molecule has 0 aromatic heterocycles. The fraction of sp³-hybridized carbons (Fsp3) is 0.500. The first-order valence-electron chi connectivity index (χ1n) is 6.47. The summed E-state index contributed by atoms with van der Waals surface area (Å²) in [4.78, 5) is 0. The Bertz CT molecular complexity index is 570. The summed E-state index contributed by atoms with van der Waals surface area (Å²) < 4.78 is 0. The number of hydrogen-bond donors (Lipinski definition) is 0. The van der Waals surface area contributed by atoms with E-state index in [4.69, 9.17) is 21.0 Å². The van der Waals surface area contributed by atoms with Gasteiger partial charge in [-0.05, 0) is 43.1 Å². The van der Waals surface area contributed by atoms with Gasteiger partial charge in [0.15, 0.2) is 0 Å². The standard InChI is InChI=1S/C16H16N4/c1-10(2)12-4-15(13(6-17)7-18)11(3)16(5-12)14(8-19)9-20/h11-13,15H,1,4-5H2,2-3H3/t11-,12-,15-/m1/s1. The van der Waals surface area contributed by atoms with Crippen LogP contribution in [0.2, 0.25) is 0 Å². The summed E-state index contributed by atoms with van der Waals surface area (Å²) in [6.45, 7) is 7.74. The summed E-state index contributed by atoms with van der Waals surface area (Å²) in [5.74, 6) is -0.871. The van der Waals surface area contributed by atoms with Crippen molar-refractivity contribution in [2.75, 3.05) is 0 Å². The maximum Gasteiger partial charge on any atom is 0.136 e. The molecule has 0 heterocycles. The predicted molar refractivity (Wildman–Crippen MR) is 73.2 cm³/mol. The van der Waals surface area contributed by atoms with Crippen molar-refractivity contribution in [2.45, 2.75) is 26.7 Å². The van der Waals surface area contributed by atoms with Crippen LogP contribution in [0, 0.1) is 69.0 Å². The second-order valence-corrected chi connectivity index (χ2v) is 5.30. The van der Waals surface area contributed by atoms with Gasteiger partial charge in [0, 0.05) is 0 Å². The van der Waals surface area contributed by atoms with Crippen molar-refractivity contribution in [3.63, 3.8) is 0 Å². The van der Waals surface area contributed by atoms with Gasteiger partial charge in [-0.15, -0.1) is 0 Å². The Morgan fingerprint density at radius 2 is 1.75 bits per heavy atom. The lowest BCUT2D eigenvalue weighted by Crippen LogP contribution is -2.31. The van der Waals surface area contributed by atoms with Gasteiger partial charge >= 0.3 is 0 Å². The lowest BCUT2D eigenvalue weighted by molar-refractivity contribution is 0.248. The van der Waals surface area contributed by atoms with Crippen molar-refractivity contribution in [1.29, 1.82) is 21.0 Å². The molecule has 4 nitrogen and oxygen atoms in total. The minimum absolute atomic E-state index is 0.107. The molecule has 0 aliphatic heterocycles. The Kier molecular flexibility index (Phi) is 5.08. The Hall–Kier alpha value is -2.56. The molecule has 0 amide bonds. The Morgan fingerprint density at radius 3 is 2.15 bits per heavy atom. The van der Waals surface area contributed by atoms with Gasteiger partial charge in [-0.3, -0.25) is 0 Å². The maximum atomic E-state index is 9.12. The van der Waals surface area contributed by atoms with Crippen LogP contribution in [-0.2, 0) is 0 Å². The van der Waals surface area contributed by atoms with Gasteiger partial charge in [0.25, 0.3) is 0 Å². The molecule has 1 saturated carbocycles. The van der Waals surface area contributed by atoms with Gasteiger partial charge in [0.2, 0.25) is 0 Å². The quantitative estimate of drug-likeness (QED) is 0.565. The topological polar surface area (TPSA) is 95.2 Å². The Morgan fingerprint density at radius 1 is 1.20 bits per heavy atom. The zero-order valence-electron chi connectivity index (χ0n) is 11.7. The van der Waals surface area contributed by atoms with E-state index in [1.807, 2.05) is 38.1 Å². The highest BCUT2D eigenvalue weighted by molar-refractivity contribution is 5.42. The molecule has 0 aromatic rings. The van der Waals surface area contributed by atoms with Gasteiger partial charge in [-0.2, -0.15) is 21.0 Å². The van der Waals surface area contributed by atoms with Crippen molar-refractivity contribution in [2.24, 2.45) is 23.7 Å². The number of nitrogens with zero attached hydrogens (tertiary/aromatic N) is 4. The summed E-state index contributed by atoms with van der Waals surface area (Å²) in [5.41, 5.74) is 1.84. The number of nitriles is 4. The Labute approximate surface area is 119 Å². The van der Waals surface area contributed by atoms with Crippen LogP contribution in [-0.4, -0.2) is 0 Å². The molecule has 100 valence electrons. The van der Waals surface area contributed by atoms with Gasteiger partial charge in [0.05, 0.1) is 12.1 Å². The number of rotatable bonds is 2. The van der Waals surface area contributed by atoms with E-state index in [1.54, 1.807) is 0 Å². The van der Waals surface area contributed by atoms with Crippen molar-refractivity contribution < 1.29 is 0 Å². The van der Waals surface area contributed by atoms with Crippen molar-refractivity contribution >= 4 is 0 Å². The highest BCUT2D eigenvalue weighted by atomic mass is 14.4. The Balaban J connectivity index is 3.31. The normalized spacial score (nSPS) is 24.9. The molecule has 0 spiro atoms. The van der Waals surface area contributed by atoms with E-state index in [-0.39, 0.29) is 23.3 Å². The molecule has 1 fully saturated rings. The predicted octanol–water partition coefficient (Wildman–Crippen LogP) is 3.23. The molecular formula is C16H16N4. The van der Waals surface area contributed by atoms with Gasteiger partial charge < -0.3 is 0 Å². The average Bonchev–Trinajstić information content (AvgIpc) is 2.44. The van der Waals surface area contributed by atoms with Crippen LogP contribution in [0.25, 0.3) is 0 Å². The van der Waals surface area contributed by atoms with E-state index in [2.05, 4.69) is 6.58 Å². The van der Waals surface area contributed by atoms with E-state index < -0.39 is 5.92 Å². The minimum Gasteiger partial charge on any atom is -0.197 e. The molecule has 0 saturated heterocycles. The van der Waals surface area contributed by atoms with E-state index in [0.29, 0.717) is 12.8 Å². The second-order valence-electron chi connectivity index (χ2n) is 5.30. The number of allylic oxidation sites excluding steroid dienone is 3. The second kappa shape index (κ2) is 6.56. The molecule has 0 unspecified atom stereocenters. The smallest absolute Gasteiger partial charge is 0.136 e. The van der Waals surface area contributed by atoms with Crippen molar-refractivity contribution in [3.8, 4) is 24.3 Å². The number of hydrogen-bond acceptors (Lipinski definition) is 4. The molecule has 1 aliphatic carbocycles. The summed E-state index contributed by atoms with van der Waals surface area (Å²) in [6.07, 6.45) is 1.32. The molecule has 0 bridgehead atoms. The largest absolute Gasteiger partial charge is 0.197 e. The first kappa shape index (κ1) is 15.5. The van der Waals surface area contributed by atoms with Crippen LogP contribution in [0.15, 0.2) is 23.3 Å². The minimum atomic E-state index is -0.721. The van der Waals surface area contributed by atoms with E-state index >= 15 is 0 Å². The molecule has 0 aromatic carbocycles. The molecule has 3 atom stereocenters. The van der Waals surface area contributed by atoms with Crippen molar-refractivity contribution in [1.82, 2.24) is 0 Å². The lowest BCUT2D eigenvalue weighted by Gasteiger charge is -2.37. The van der Waals surface area contributed by atoms with E-state index in [1.165, 1.54) is 0 Å². The van der Waals surface area contributed by atoms with Crippen LogP contribution < -0.4 is 0 Å². The van der Waals surface area contributed by atoms with Gasteiger partial charge in [-0.1, -0.05) is 19.1 Å². The third-order valence-electron chi connectivity index (χ3n) is 4.16. The summed E-state index contributed by atoms with van der Waals surface area (Å²) >= 11 is 0. The summed E-state index contributed by atoms with van der Waals surface area (Å²) in [5, 5.41) is 36.4. The highest BCUT2D eigenvalue weighted by Crippen LogP contribution is 2.44. The SMILES string of the molecule is C=C(C)[C@H]1CC(=C(C#N)C#N)[C@H](C)[C@H](C(C#N)C#N)C1. The van der Waals surface area contributed by atoms with E-state index in [9.17, 15) is 0 Å². The summed E-state index contributed by atoms with van der Waals surface area (Å²) in [6, 6.07) is 7.92. The molecule has 1 rings (SSSR count). The lowest BCUT2D eigenvalue weighted by atomic mass is 9.65. The zero-order valence-corrected chi connectivity index (χ0v) is 11.7.